The number of nitrogens with one attached hydrogen (secondary N) is 1. The Hall–Kier alpha value is -3.58. The van der Waals surface area contributed by atoms with Gasteiger partial charge in [0.1, 0.15) is 0 Å². The lowest BCUT2D eigenvalue weighted by atomic mass is 9.94. The maximum absolute atomic E-state index is 3.65. The number of para-hydroxylation sites is 2. The second-order valence-electron chi connectivity index (χ2n) is 7.12. The number of aromatic amines is 1. The zero-order chi connectivity index (χ0) is 17.8. The van der Waals surface area contributed by atoms with E-state index in [2.05, 4.69) is 102 Å². The summed E-state index contributed by atoms with van der Waals surface area (Å²) in [7, 11) is 0. The molecule has 6 rings (SSSR count). The molecular weight excluding hydrogens is 326 g/mol. The smallest absolute Gasteiger partial charge is 0.0544 e. The summed E-state index contributed by atoms with van der Waals surface area (Å²) in [5.74, 6) is 0. The van der Waals surface area contributed by atoms with Crippen molar-refractivity contribution in [1.82, 2.24) is 4.98 Å². The Kier molecular flexibility index (Phi) is 2.95. The standard InChI is InChI=1S/C26H17N/c1-2-8-18-16-24-19(15-17(18)7-1)9-5-11-20(24)22-12-6-13-23-21-10-3-4-14-25(21)27-26(22)23/h1-16,27H. The monoisotopic (exact) mass is 343 g/mol. The van der Waals surface area contributed by atoms with Crippen molar-refractivity contribution < 1.29 is 0 Å². The molecule has 1 heterocycles. The molecule has 1 N–H and O–H groups in total. The van der Waals surface area contributed by atoms with Gasteiger partial charge in [-0.25, -0.2) is 0 Å². The second-order valence-corrected chi connectivity index (χ2v) is 7.12. The summed E-state index contributed by atoms with van der Waals surface area (Å²) >= 11 is 0. The third-order valence-electron chi connectivity index (χ3n) is 5.58. The molecule has 0 saturated carbocycles. The summed E-state index contributed by atoms with van der Waals surface area (Å²) in [5, 5.41) is 7.69. The highest BCUT2D eigenvalue weighted by atomic mass is 14.7. The van der Waals surface area contributed by atoms with Crippen molar-refractivity contribution >= 4 is 43.4 Å². The van der Waals surface area contributed by atoms with E-state index in [-0.39, 0.29) is 0 Å². The lowest BCUT2D eigenvalue weighted by Crippen LogP contribution is -1.84. The summed E-state index contributed by atoms with van der Waals surface area (Å²) in [5.41, 5.74) is 4.92. The molecule has 5 aromatic carbocycles. The minimum Gasteiger partial charge on any atom is -0.354 e. The van der Waals surface area contributed by atoms with E-state index in [1.807, 2.05) is 0 Å². The third-order valence-corrected chi connectivity index (χ3v) is 5.58. The molecule has 0 fully saturated rings. The highest BCUT2D eigenvalue weighted by Gasteiger charge is 2.12. The highest BCUT2D eigenvalue weighted by molar-refractivity contribution is 6.15. The Morgan fingerprint density at radius 3 is 2.04 bits per heavy atom. The van der Waals surface area contributed by atoms with Crippen molar-refractivity contribution in [2.75, 3.05) is 0 Å². The molecule has 0 atom stereocenters. The first-order valence-corrected chi connectivity index (χ1v) is 9.30. The summed E-state index contributed by atoms with van der Waals surface area (Å²) < 4.78 is 0. The van der Waals surface area contributed by atoms with Crippen LogP contribution >= 0.6 is 0 Å². The van der Waals surface area contributed by atoms with Gasteiger partial charge in [0.2, 0.25) is 0 Å². The predicted molar refractivity (Wildman–Crippen MR) is 116 cm³/mol. The predicted octanol–water partition coefficient (Wildman–Crippen LogP) is 7.29. The first-order chi connectivity index (χ1) is 13.4. The van der Waals surface area contributed by atoms with Crippen LogP contribution in [0.15, 0.2) is 97.1 Å². The normalized spacial score (nSPS) is 11.7. The topological polar surface area (TPSA) is 15.8 Å². The van der Waals surface area contributed by atoms with Crippen molar-refractivity contribution in [2.24, 2.45) is 0 Å². The van der Waals surface area contributed by atoms with Crippen LogP contribution in [-0.2, 0) is 0 Å². The van der Waals surface area contributed by atoms with Crippen molar-refractivity contribution in [3.63, 3.8) is 0 Å². The van der Waals surface area contributed by atoms with Gasteiger partial charge in [-0.05, 0) is 45.3 Å². The Bertz CT molecular complexity index is 1470. The fourth-order valence-corrected chi connectivity index (χ4v) is 4.30. The van der Waals surface area contributed by atoms with Gasteiger partial charge in [0.05, 0.1) is 5.52 Å². The largest absolute Gasteiger partial charge is 0.354 e. The average molecular weight is 343 g/mol. The minimum atomic E-state index is 1.19. The summed E-state index contributed by atoms with van der Waals surface area (Å²) in [6, 6.07) is 34.9. The number of rotatable bonds is 1. The van der Waals surface area contributed by atoms with Crippen molar-refractivity contribution in [3.05, 3.63) is 97.1 Å². The highest BCUT2D eigenvalue weighted by Crippen LogP contribution is 2.37. The molecule has 0 aliphatic carbocycles. The number of H-pyrrole nitrogens is 1. The molecule has 0 aliphatic rings. The molecule has 6 aromatic rings. The van der Waals surface area contributed by atoms with E-state index < -0.39 is 0 Å². The molecule has 0 radical (unpaired) electrons. The van der Waals surface area contributed by atoms with Gasteiger partial charge < -0.3 is 4.98 Å². The lowest BCUT2D eigenvalue weighted by Gasteiger charge is -2.10. The fraction of sp³-hybridized carbons (Fsp3) is 0. The number of fused-ring (bicyclic) bond motifs is 5. The molecule has 1 heteroatoms. The zero-order valence-electron chi connectivity index (χ0n) is 14.7. The van der Waals surface area contributed by atoms with Crippen LogP contribution in [0.25, 0.3) is 54.5 Å². The van der Waals surface area contributed by atoms with E-state index in [1.165, 1.54) is 54.5 Å². The van der Waals surface area contributed by atoms with Crippen LogP contribution in [-0.4, -0.2) is 4.98 Å². The molecule has 0 spiro atoms. The first kappa shape index (κ1) is 14.6. The summed E-state index contributed by atoms with van der Waals surface area (Å²) in [6.45, 7) is 0. The second kappa shape index (κ2) is 5.46. The molecule has 0 unspecified atom stereocenters. The molecule has 1 nitrogen and oxygen atoms in total. The van der Waals surface area contributed by atoms with Crippen molar-refractivity contribution in [1.29, 1.82) is 0 Å². The molecule has 126 valence electrons. The maximum atomic E-state index is 3.65. The molecule has 0 bridgehead atoms. The Balaban J connectivity index is 1.74. The SMILES string of the molecule is c1ccc2cc3c(-c4cccc5c4[nH]c4ccccc45)cccc3cc2c1. The number of hydrogen-bond donors (Lipinski definition) is 1. The average Bonchev–Trinajstić information content (AvgIpc) is 3.11. The van der Waals surface area contributed by atoms with Crippen molar-refractivity contribution in [2.45, 2.75) is 0 Å². The van der Waals surface area contributed by atoms with E-state index in [0.29, 0.717) is 0 Å². The van der Waals surface area contributed by atoms with Crippen LogP contribution in [0.5, 0.6) is 0 Å². The fourth-order valence-electron chi connectivity index (χ4n) is 4.30. The van der Waals surface area contributed by atoms with E-state index in [9.17, 15) is 0 Å². The van der Waals surface area contributed by atoms with Gasteiger partial charge in [-0.1, -0.05) is 78.9 Å². The van der Waals surface area contributed by atoms with Gasteiger partial charge in [-0.3, -0.25) is 0 Å². The van der Waals surface area contributed by atoms with Crippen LogP contribution in [0.4, 0.5) is 0 Å². The number of benzene rings is 5. The number of aromatic nitrogens is 1. The van der Waals surface area contributed by atoms with Crippen LogP contribution in [0.3, 0.4) is 0 Å². The quantitative estimate of drug-likeness (QED) is 0.302. The molecule has 0 saturated heterocycles. The molecule has 1 aromatic heterocycles. The number of hydrogen-bond acceptors (Lipinski definition) is 0. The van der Waals surface area contributed by atoms with Crippen LogP contribution in [0.1, 0.15) is 0 Å². The zero-order valence-corrected chi connectivity index (χ0v) is 14.7. The van der Waals surface area contributed by atoms with Crippen LogP contribution in [0.2, 0.25) is 0 Å². The summed E-state index contributed by atoms with van der Waals surface area (Å²) in [4.78, 5) is 3.65. The third kappa shape index (κ3) is 2.12. The van der Waals surface area contributed by atoms with Gasteiger partial charge in [0.25, 0.3) is 0 Å². The Morgan fingerprint density at radius 2 is 1.11 bits per heavy atom. The first-order valence-electron chi connectivity index (χ1n) is 9.30. The van der Waals surface area contributed by atoms with Gasteiger partial charge in [0, 0.05) is 21.9 Å². The minimum absolute atomic E-state index is 1.19. The van der Waals surface area contributed by atoms with Gasteiger partial charge >= 0.3 is 0 Å². The molecule has 27 heavy (non-hydrogen) atoms. The molecular formula is C26H17N. The Labute approximate surface area is 156 Å². The van der Waals surface area contributed by atoms with E-state index in [1.54, 1.807) is 0 Å². The van der Waals surface area contributed by atoms with Crippen LogP contribution < -0.4 is 0 Å². The maximum Gasteiger partial charge on any atom is 0.0544 e. The molecule has 0 aliphatic heterocycles. The van der Waals surface area contributed by atoms with E-state index in [4.69, 9.17) is 0 Å². The van der Waals surface area contributed by atoms with E-state index in [0.717, 1.165) is 0 Å². The van der Waals surface area contributed by atoms with Gasteiger partial charge in [-0.2, -0.15) is 0 Å². The van der Waals surface area contributed by atoms with Crippen molar-refractivity contribution in [3.8, 4) is 11.1 Å². The van der Waals surface area contributed by atoms with Crippen LogP contribution in [0, 0.1) is 0 Å². The lowest BCUT2D eigenvalue weighted by molar-refractivity contribution is 1.54. The van der Waals surface area contributed by atoms with E-state index >= 15 is 0 Å². The molecule has 0 amide bonds. The van der Waals surface area contributed by atoms with Gasteiger partial charge in [-0.15, -0.1) is 0 Å². The Morgan fingerprint density at radius 1 is 0.444 bits per heavy atom. The summed E-state index contributed by atoms with van der Waals surface area (Å²) in [6.07, 6.45) is 0. The van der Waals surface area contributed by atoms with Gasteiger partial charge in [0.15, 0.2) is 0 Å².